The van der Waals surface area contributed by atoms with Gasteiger partial charge in [0.15, 0.2) is 0 Å². The van der Waals surface area contributed by atoms with Gasteiger partial charge in [0.2, 0.25) is 0 Å². The molecule has 0 rings (SSSR count). The molecule has 0 aromatic heterocycles. The lowest BCUT2D eigenvalue weighted by molar-refractivity contribution is -0.860. The van der Waals surface area contributed by atoms with Crippen molar-refractivity contribution < 1.29 is 21.5 Å². The number of hydrogen-bond acceptors (Lipinski definition) is 0. The van der Waals surface area contributed by atoms with Gasteiger partial charge in [-0.05, 0) is 38.7 Å². The molecule has 0 bridgehead atoms. The second-order valence-electron chi connectivity index (χ2n) is 11.2. The molecular weight excluding hydrogens is 478 g/mol. The first-order valence-electron chi connectivity index (χ1n) is 15.7. The van der Waals surface area contributed by atoms with Crippen LogP contribution in [0.15, 0.2) is 12.3 Å². The minimum atomic E-state index is 0. The topological polar surface area (TPSA) is 0 Å². The third-order valence-corrected chi connectivity index (χ3v) is 7.55. The van der Waals surface area contributed by atoms with E-state index in [0.29, 0.717) is 0 Å². The Bertz CT molecular complexity index is 364. The average Bonchev–Trinajstić information content (AvgIpc) is 2.81. The van der Waals surface area contributed by atoms with E-state index in [2.05, 4.69) is 40.1 Å². The summed E-state index contributed by atoms with van der Waals surface area (Å²) < 4.78 is 1.16. The Kier molecular flexibility index (Phi) is 31.4. The number of halogens is 1. The van der Waals surface area contributed by atoms with Gasteiger partial charge < -0.3 is 17.0 Å². The van der Waals surface area contributed by atoms with Crippen LogP contribution in [-0.4, -0.2) is 24.6 Å². The summed E-state index contributed by atoms with van der Waals surface area (Å²) in [5, 5.41) is 0. The third-order valence-electron chi connectivity index (χ3n) is 7.55. The molecule has 0 aromatic rings. The molecule has 0 saturated heterocycles. The summed E-state index contributed by atoms with van der Waals surface area (Å²) in [7, 11) is 2.46. The van der Waals surface area contributed by atoms with E-state index in [9.17, 15) is 0 Å². The number of nitrogens with zero attached hydrogens (tertiary/aromatic N) is 1. The van der Waals surface area contributed by atoms with Crippen molar-refractivity contribution in [2.24, 2.45) is 0 Å². The Labute approximate surface area is 228 Å². The van der Waals surface area contributed by atoms with Crippen molar-refractivity contribution in [3.8, 4) is 0 Å². The Balaban J connectivity index is 0. The molecular formula is C32H66BrN. The second-order valence-corrected chi connectivity index (χ2v) is 11.2. The summed E-state index contributed by atoms with van der Waals surface area (Å²) in [6.07, 6.45) is 39.4. The fraction of sp³-hybridized carbons (Fsp3) is 0.938. The monoisotopic (exact) mass is 543 g/mol. The molecule has 0 aromatic carbocycles. The van der Waals surface area contributed by atoms with E-state index in [1.807, 2.05) is 0 Å². The Morgan fingerprint density at radius 1 is 0.412 bits per heavy atom. The summed E-state index contributed by atoms with van der Waals surface area (Å²) in [6.45, 7) is 9.47. The van der Waals surface area contributed by atoms with Crippen LogP contribution in [0.2, 0.25) is 0 Å². The highest BCUT2D eigenvalue weighted by Crippen LogP contribution is 2.16. The number of unbranched alkanes of at least 4 members (excludes halogenated alkanes) is 22. The summed E-state index contributed by atoms with van der Waals surface area (Å²) in [6, 6.07) is 0. The SMILES string of the molecule is CC=C[N+](C)(CCCCCCCCCCCCCC)CCCCCCCCCCCCCC.[Br-]. The zero-order chi connectivity index (χ0) is 24.3. The fourth-order valence-electron chi connectivity index (χ4n) is 5.25. The highest BCUT2D eigenvalue weighted by atomic mass is 79.9. The molecule has 206 valence electrons. The third kappa shape index (κ3) is 26.8. The Hall–Kier alpha value is 0.180. The summed E-state index contributed by atoms with van der Waals surface area (Å²) >= 11 is 0. The predicted octanol–water partition coefficient (Wildman–Crippen LogP) is 8.37. The summed E-state index contributed by atoms with van der Waals surface area (Å²) in [4.78, 5) is 0. The zero-order valence-corrected chi connectivity index (χ0v) is 26.0. The van der Waals surface area contributed by atoms with Crippen molar-refractivity contribution in [2.45, 2.75) is 175 Å². The van der Waals surface area contributed by atoms with Gasteiger partial charge in [0.1, 0.15) is 0 Å². The van der Waals surface area contributed by atoms with E-state index in [0.717, 1.165) is 4.48 Å². The van der Waals surface area contributed by atoms with Crippen molar-refractivity contribution in [3.63, 3.8) is 0 Å². The molecule has 0 radical (unpaired) electrons. The highest BCUT2D eigenvalue weighted by molar-refractivity contribution is 4.68. The van der Waals surface area contributed by atoms with Gasteiger partial charge in [-0.3, -0.25) is 4.48 Å². The first kappa shape index (κ1) is 36.3. The van der Waals surface area contributed by atoms with Crippen molar-refractivity contribution >= 4 is 0 Å². The van der Waals surface area contributed by atoms with Gasteiger partial charge in [-0.25, -0.2) is 0 Å². The molecule has 0 fully saturated rings. The normalized spacial score (nSPS) is 11.9. The molecule has 0 saturated carbocycles. The number of quaternary nitrogens is 1. The van der Waals surface area contributed by atoms with Gasteiger partial charge in [0.25, 0.3) is 0 Å². The van der Waals surface area contributed by atoms with Crippen LogP contribution in [0.5, 0.6) is 0 Å². The molecule has 0 spiro atoms. The molecule has 0 aliphatic rings. The lowest BCUT2D eigenvalue weighted by Crippen LogP contribution is -3.00. The van der Waals surface area contributed by atoms with Crippen LogP contribution in [0.1, 0.15) is 175 Å². The lowest BCUT2D eigenvalue weighted by Gasteiger charge is -2.30. The minimum absolute atomic E-state index is 0. The molecule has 0 heterocycles. The van der Waals surface area contributed by atoms with Crippen LogP contribution in [0.25, 0.3) is 0 Å². The number of rotatable bonds is 27. The molecule has 0 aliphatic carbocycles. The van der Waals surface area contributed by atoms with E-state index in [4.69, 9.17) is 0 Å². The highest BCUT2D eigenvalue weighted by Gasteiger charge is 2.17. The van der Waals surface area contributed by atoms with Gasteiger partial charge in [0, 0.05) is 0 Å². The van der Waals surface area contributed by atoms with Crippen LogP contribution in [0, 0.1) is 0 Å². The quantitative estimate of drug-likeness (QED) is 0.0720. The first-order chi connectivity index (χ1) is 16.2. The van der Waals surface area contributed by atoms with Crippen LogP contribution < -0.4 is 17.0 Å². The van der Waals surface area contributed by atoms with Crippen LogP contribution >= 0.6 is 0 Å². The molecule has 34 heavy (non-hydrogen) atoms. The van der Waals surface area contributed by atoms with Crippen LogP contribution in [0.3, 0.4) is 0 Å². The Morgan fingerprint density at radius 3 is 0.882 bits per heavy atom. The van der Waals surface area contributed by atoms with Gasteiger partial charge in [0.05, 0.1) is 26.3 Å². The first-order valence-corrected chi connectivity index (χ1v) is 15.7. The van der Waals surface area contributed by atoms with E-state index < -0.39 is 0 Å². The summed E-state index contributed by atoms with van der Waals surface area (Å²) in [5.41, 5.74) is 0. The number of allylic oxidation sites excluding steroid dienone is 1. The largest absolute Gasteiger partial charge is 1.00 e. The van der Waals surface area contributed by atoms with E-state index in [1.165, 1.54) is 167 Å². The second kappa shape index (κ2) is 29.4. The molecule has 0 unspecified atom stereocenters. The lowest BCUT2D eigenvalue weighted by atomic mass is 10.0. The van der Waals surface area contributed by atoms with Crippen molar-refractivity contribution in [1.82, 2.24) is 0 Å². The van der Waals surface area contributed by atoms with E-state index in [-0.39, 0.29) is 17.0 Å². The van der Waals surface area contributed by atoms with Crippen LogP contribution in [0.4, 0.5) is 0 Å². The van der Waals surface area contributed by atoms with Gasteiger partial charge in [-0.15, -0.1) is 0 Å². The standard InChI is InChI=1S/C32H66N.BrH/c1-5-8-10-12-14-16-18-20-22-24-26-28-31-33(4,30-7-3)32-29-27-25-23-21-19-17-15-13-11-9-6-2;/h7,30H,5-6,8-29,31-32H2,1-4H3;1H/q+1;/p-1. The van der Waals surface area contributed by atoms with Gasteiger partial charge >= 0.3 is 0 Å². The molecule has 1 nitrogen and oxygen atoms in total. The smallest absolute Gasteiger partial charge is 0.0913 e. The molecule has 0 atom stereocenters. The van der Waals surface area contributed by atoms with Crippen molar-refractivity contribution in [2.75, 3.05) is 20.1 Å². The van der Waals surface area contributed by atoms with Crippen molar-refractivity contribution in [1.29, 1.82) is 0 Å². The maximum Gasteiger partial charge on any atom is 0.0913 e. The average molecular weight is 545 g/mol. The zero-order valence-electron chi connectivity index (χ0n) is 24.4. The molecule has 0 aliphatic heterocycles. The van der Waals surface area contributed by atoms with E-state index >= 15 is 0 Å². The maximum atomic E-state index is 2.46. The predicted molar refractivity (Wildman–Crippen MR) is 153 cm³/mol. The van der Waals surface area contributed by atoms with Crippen molar-refractivity contribution in [3.05, 3.63) is 12.3 Å². The maximum absolute atomic E-state index is 2.46. The van der Waals surface area contributed by atoms with Crippen LogP contribution in [-0.2, 0) is 0 Å². The van der Waals surface area contributed by atoms with Gasteiger partial charge in [-0.1, -0.05) is 142 Å². The fourth-order valence-corrected chi connectivity index (χ4v) is 5.25. The minimum Gasteiger partial charge on any atom is -1.00 e. The molecule has 0 amide bonds. The number of hydrogen-bond donors (Lipinski definition) is 0. The molecule has 2 heteroatoms. The summed E-state index contributed by atoms with van der Waals surface area (Å²) in [5.74, 6) is 0. The Morgan fingerprint density at radius 2 is 0.647 bits per heavy atom. The van der Waals surface area contributed by atoms with Gasteiger partial charge in [-0.2, -0.15) is 0 Å². The van der Waals surface area contributed by atoms with E-state index in [1.54, 1.807) is 0 Å². The molecule has 0 N–H and O–H groups in total.